The van der Waals surface area contributed by atoms with E-state index >= 15 is 0 Å². The van der Waals surface area contributed by atoms with Gasteiger partial charge in [-0.15, -0.1) is 0 Å². The van der Waals surface area contributed by atoms with Crippen LogP contribution in [-0.4, -0.2) is 56.7 Å². The maximum Gasteiger partial charge on any atom is 0.0715 e. The fraction of sp³-hybridized carbons (Fsp3) is 0.455. The summed E-state index contributed by atoms with van der Waals surface area (Å²) in [5, 5.41) is 0. The number of halogens is 1. The number of rotatable bonds is 5. The number of hydrogen-bond donors (Lipinski definition) is 1. The molecule has 1 aromatic carbocycles. The molecule has 0 radical (unpaired) electrons. The SMILES string of the molecule is COCC1=Cc2ccccc2C(N2CCN(C)CC2)C/C1=C\C/C(Br)=C\N. The lowest BCUT2D eigenvalue weighted by Gasteiger charge is -2.38. The van der Waals surface area contributed by atoms with E-state index in [1.165, 1.54) is 22.3 Å². The van der Waals surface area contributed by atoms with Gasteiger partial charge in [-0.2, -0.15) is 0 Å². The molecule has 2 aliphatic rings. The van der Waals surface area contributed by atoms with E-state index in [9.17, 15) is 0 Å². The van der Waals surface area contributed by atoms with Crippen LogP contribution in [-0.2, 0) is 4.74 Å². The molecule has 1 aliphatic carbocycles. The Balaban J connectivity index is 1.97. The van der Waals surface area contributed by atoms with Gasteiger partial charge in [0, 0.05) is 50.0 Å². The smallest absolute Gasteiger partial charge is 0.0715 e. The zero-order chi connectivity index (χ0) is 19.2. The summed E-state index contributed by atoms with van der Waals surface area (Å²) in [6.45, 7) is 5.08. The second kappa shape index (κ2) is 9.69. The number of fused-ring (bicyclic) bond motifs is 1. The molecule has 146 valence electrons. The van der Waals surface area contributed by atoms with Gasteiger partial charge in [-0.1, -0.05) is 46.3 Å². The lowest BCUT2D eigenvalue weighted by atomic mass is 9.94. The van der Waals surface area contributed by atoms with Crippen LogP contribution >= 0.6 is 15.9 Å². The van der Waals surface area contributed by atoms with Crippen LogP contribution in [0.15, 0.2) is 52.2 Å². The second-order valence-corrected chi connectivity index (χ2v) is 8.36. The first kappa shape index (κ1) is 20.3. The van der Waals surface area contributed by atoms with Crippen LogP contribution in [0.5, 0.6) is 0 Å². The first-order chi connectivity index (χ1) is 13.1. The molecule has 1 unspecified atom stereocenters. The molecular formula is C22H30BrN3O. The van der Waals surface area contributed by atoms with Gasteiger partial charge in [-0.05, 0) is 48.2 Å². The van der Waals surface area contributed by atoms with Gasteiger partial charge in [-0.25, -0.2) is 0 Å². The van der Waals surface area contributed by atoms with Crippen molar-refractivity contribution >= 4 is 22.0 Å². The Kier molecular flexibility index (Phi) is 7.30. The summed E-state index contributed by atoms with van der Waals surface area (Å²) in [4.78, 5) is 5.05. The Bertz CT molecular complexity index is 733. The van der Waals surface area contributed by atoms with E-state index < -0.39 is 0 Å². The number of ether oxygens (including phenoxy) is 1. The van der Waals surface area contributed by atoms with E-state index in [4.69, 9.17) is 10.5 Å². The minimum atomic E-state index is 0.396. The highest BCUT2D eigenvalue weighted by molar-refractivity contribution is 9.11. The Morgan fingerprint density at radius 3 is 2.70 bits per heavy atom. The molecule has 1 heterocycles. The minimum absolute atomic E-state index is 0.396. The molecule has 0 spiro atoms. The zero-order valence-electron chi connectivity index (χ0n) is 16.3. The molecular weight excluding hydrogens is 402 g/mol. The van der Waals surface area contributed by atoms with Gasteiger partial charge in [0.15, 0.2) is 0 Å². The normalized spacial score (nSPS) is 23.8. The third kappa shape index (κ3) is 5.11. The van der Waals surface area contributed by atoms with Gasteiger partial charge < -0.3 is 15.4 Å². The predicted molar refractivity (Wildman–Crippen MR) is 117 cm³/mol. The highest BCUT2D eigenvalue weighted by Crippen LogP contribution is 2.38. The van der Waals surface area contributed by atoms with Crippen LogP contribution in [0.4, 0.5) is 0 Å². The third-order valence-corrected chi connectivity index (χ3v) is 6.10. The van der Waals surface area contributed by atoms with Gasteiger partial charge in [-0.3, -0.25) is 4.90 Å². The van der Waals surface area contributed by atoms with Crippen LogP contribution in [0.25, 0.3) is 6.08 Å². The molecule has 27 heavy (non-hydrogen) atoms. The molecule has 1 aromatic rings. The first-order valence-electron chi connectivity index (χ1n) is 9.59. The number of nitrogens with zero attached hydrogens (tertiary/aromatic N) is 2. The largest absolute Gasteiger partial charge is 0.404 e. The second-order valence-electron chi connectivity index (χ2n) is 7.34. The molecule has 0 amide bonds. The molecule has 5 heteroatoms. The van der Waals surface area contributed by atoms with E-state index in [2.05, 4.69) is 69.2 Å². The minimum Gasteiger partial charge on any atom is -0.404 e. The molecule has 0 saturated carbocycles. The Morgan fingerprint density at radius 2 is 2.00 bits per heavy atom. The van der Waals surface area contributed by atoms with Crippen molar-refractivity contribution in [3.63, 3.8) is 0 Å². The maximum absolute atomic E-state index is 5.65. The monoisotopic (exact) mass is 431 g/mol. The highest BCUT2D eigenvalue weighted by Gasteiger charge is 2.28. The maximum atomic E-state index is 5.65. The lowest BCUT2D eigenvalue weighted by molar-refractivity contribution is 0.111. The van der Waals surface area contributed by atoms with Crippen molar-refractivity contribution in [2.24, 2.45) is 5.73 Å². The fourth-order valence-corrected chi connectivity index (χ4v) is 4.09. The van der Waals surface area contributed by atoms with Crippen LogP contribution in [0.2, 0.25) is 0 Å². The van der Waals surface area contributed by atoms with Gasteiger partial charge in [0.1, 0.15) is 0 Å². The van der Waals surface area contributed by atoms with Crippen molar-refractivity contribution < 1.29 is 4.74 Å². The van der Waals surface area contributed by atoms with Crippen LogP contribution in [0.3, 0.4) is 0 Å². The summed E-state index contributed by atoms with van der Waals surface area (Å²) in [6, 6.07) is 9.20. The number of likely N-dealkylation sites (N-methyl/N-ethyl adjacent to an activating group) is 1. The Hall–Kier alpha value is -1.40. The predicted octanol–water partition coefficient (Wildman–Crippen LogP) is 3.92. The molecule has 1 fully saturated rings. The van der Waals surface area contributed by atoms with E-state index in [1.54, 1.807) is 13.3 Å². The molecule has 3 rings (SSSR count). The van der Waals surface area contributed by atoms with Crippen molar-refractivity contribution in [2.75, 3.05) is 46.9 Å². The summed E-state index contributed by atoms with van der Waals surface area (Å²) >= 11 is 3.53. The van der Waals surface area contributed by atoms with Crippen LogP contribution in [0, 0.1) is 0 Å². The fourth-order valence-electron chi connectivity index (χ4n) is 3.93. The quantitative estimate of drug-likeness (QED) is 0.766. The van der Waals surface area contributed by atoms with E-state index in [0.717, 1.165) is 43.5 Å². The first-order valence-corrected chi connectivity index (χ1v) is 10.4. The molecule has 1 aliphatic heterocycles. The standard InChI is InChI=1S/C22H30BrN3O/c1-25-9-11-26(12-10-25)22-14-17(7-8-20(23)15-24)19(16-27-2)13-18-5-3-4-6-21(18)22/h3-7,13,15,22H,8-12,14,16,24H2,1-2H3/b17-7+,20-15+. The van der Waals surface area contributed by atoms with Crippen molar-refractivity contribution in [2.45, 2.75) is 18.9 Å². The molecule has 1 atom stereocenters. The summed E-state index contributed by atoms with van der Waals surface area (Å²) in [6.07, 6.45) is 8.04. The number of piperazine rings is 1. The molecule has 1 saturated heterocycles. The summed E-state index contributed by atoms with van der Waals surface area (Å²) in [5.74, 6) is 0. The number of hydrogen-bond acceptors (Lipinski definition) is 4. The summed E-state index contributed by atoms with van der Waals surface area (Å²) in [7, 11) is 3.97. The van der Waals surface area contributed by atoms with Crippen molar-refractivity contribution in [1.82, 2.24) is 9.80 Å². The average Bonchev–Trinajstić information content (AvgIpc) is 2.84. The Morgan fingerprint density at radius 1 is 1.26 bits per heavy atom. The van der Waals surface area contributed by atoms with E-state index in [0.29, 0.717) is 12.6 Å². The van der Waals surface area contributed by atoms with Gasteiger partial charge in [0.2, 0.25) is 0 Å². The van der Waals surface area contributed by atoms with E-state index in [1.807, 2.05) is 0 Å². The molecule has 0 bridgehead atoms. The van der Waals surface area contributed by atoms with Crippen molar-refractivity contribution in [1.29, 1.82) is 0 Å². The average molecular weight is 432 g/mol. The van der Waals surface area contributed by atoms with Crippen LogP contribution < -0.4 is 5.73 Å². The van der Waals surface area contributed by atoms with Gasteiger partial charge in [0.05, 0.1) is 6.61 Å². The number of nitrogens with two attached hydrogens (primary N) is 1. The number of allylic oxidation sites excluding steroid dienone is 2. The van der Waals surface area contributed by atoms with Gasteiger partial charge >= 0.3 is 0 Å². The number of methoxy groups -OCH3 is 1. The highest BCUT2D eigenvalue weighted by atomic mass is 79.9. The van der Waals surface area contributed by atoms with Crippen molar-refractivity contribution in [3.05, 3.63) is 63.3 Å². The summed E-state index contributed by atoms with van der Waals surface area (Å²) < 4.78 is 6.53. The van der Waals surface area contributed by atoms with Crippen LogP contribution in [0.1, 0.15) is 30.0 Å². The molecule has 4 nitrogen and oxygen atoms in total. The summed E-state index contributed by atoms with van der Waals surface area (Å²) in [5.41, 5.74) is 11.0. The molecule has 2 N–H and O–H groups in total. The Labute approximate surface area is 171 Å². The van der Waals surface area contributed by atoms with Gasteiger partial charge in [0.25, 0.3) is 0 Å². The number of benzene rings is 1. The van der Waals surface area contributed by atoms with Crippen molar-refractivity contribution in [3.8, 4) is 0 Å². The zero-order valence-corrected chi connectivity index (χ0v) is 17.9. The van der Waals surface area contributed by atoms with E-state index in [-0.39, 0.29) is 0 Å². The molecule has 0 aromatic heterocycles. The lowest BCUT2D eigenvalue weighted by Crippen LogP contribution is -2.46. The third-order valence-electron chi connectivity index (χ3n) is 5.51. The topological polar surface area (TPSA) is 41.7 Å².